The molecule has 176 valence electrons. The Hall–Kier alpha value is -2.95. The molecule has 1 aliphatic heterocycles. The van der Waals surface area contributed by atoms with Gasteiger partial charge in [-0.1, -0.05) is 6.07 Å². The van der Waals surface area contributed by atoms with Crippen molar-refractivity contribution >= 4 is 35.7 Å². The van der Waals surface area contributed by atoms with Gasteiger partial charge in [0.05, 0.1) is 12.7 Å². The number of carbonyl (C=O) groups is 4. The van der Waals surface area contributed by atoms with Crippen LogP contribution in [0.15, 0.2) is 12.1 Å². The van der Waals surface area contributed by atoms with Crippen LogP contribution in [0.25, 0.3) is 0 Å². The predicted molar refractivity (Wildman–Crippen MR) is 116 cm³/mol. The molecule has 2 amide bonds. The van der Waals surface area contributed by atoms with Crippen molar-refractivity contribution in [2.75, 3.05) is 19.5 Å². The minimum atomic E-state index is -1.33. The number of phenols is 1. The lowest BCUT2D eigenvalue weighted by atomic mass is 10.0. The second kappa shape index (κ2) is 10.6. The van der Waals surface area contributed by atoms with Crippen LogP contribution in [-0.2, 0) is 29.6 Å². The number of aryl methyl sites for hydroxylation is 1. The molecule has 0 spiro atoms. The number of rotatable bonds is 2. The van der Waals surface area contributed by atoms with Gasteiger partial charge in [0.15, 0.2) is 0 Å². The molecule has 32 heavy (non-hydrogen) atoms. The van der Waals surface area contributed by atoms with Crippen LogP contribution in [0.1, 0.15) is 42.3 Å². The number of carbonyl (C=O) groups excluding carboxylic acids is 4. The summed E-state index contributed by atoms with van der Waals surface area (Å²) in [7, 11) is 1.19. The number of nitrogens with one attached hydrogen (secondary N) is 2. The molecule has 0 saturated carbocycles. The molecular weight excluding hydrogens is 440 g/mol. The quantitative estimate of drug-likeness (QED) is 0.436. The molecule has 0 radical (unpaired) electrons. The number of esters is 2. The number of thioether (sulfide) groups is 1. The number of cyclic esters (lactones) is 1. The van der Waals surface area contributed by atoms with Crippen molar-refractivity contribution in [3.05, 3.63) is 28.8 Å². The highest BCUT2D eigenvalue weighted by Gasteiger charge is 2.31. The van der Waals surface area contributed by atoms with E-state index in [1.807, 2.05) is 0 Å². The minimum Gasteiger partial charge on any atom is -0.508 e. The van der Waals surface area contributed by atoms with Gasteiger partial charge in [0.25, 0.3) is 0 Å². The van der Waals surface area contributed by atoms with E-state index in [0.717, 1.165) is 0 Å². The third kappa shape index (κ3) is 6.78. The largest absolute Gasteiger partial charge is 0.508 e. The molecule has 0 aromatic heterocycles. The molecule has 0 unspecified atom stereocenters. The average molecular weight is 469 g/mol. The Bertz CT molecular complexity index is 897. The number of methoxy groups -OCH3 is 1. The molecule has 1 heterocycles. The van der Waals surface area contributed by atoms with Crippen molar-refractivity contribution < 1.29 is 38.5 Å². The van der Waals surface area contributed by atoms with E-state index in [-0.39, 0.29) is 22.8 Å². The Labute approximate surface area is 190 Å². The monoisotopic (exact) mass is 468 g/mol. The van der Waals surface area contributed by atoms with E-state index in [1.54, 1.807) is 33.8 Å². The van der Waals surface area contributed by atoms with Crippen molar-refractivity contribution in [1.82, 2.24) is 10.6 Å². The van der Waals surface area contributed by atoms with Crippen molar-refractivity contribution in [3.8, 4) is 5.75 Å². The fraction of sp³-hybridized carbons (Fsp3) is 0.524. The average Bonchev–Trinajstić information content (AvgIpc) is 2.69. The molecule has 2 rings (SSSR count). The van der Waals surface area contributed by atoms with E-state index in [0.29, 0.717) is 11.1 Å². The first-order chi connectivity index (χ1) is 14.9. The van der Waals surface area contributed by atoms with Gasteiger partial charge < -0.3 is 30.0 Å². The summed E-state index contributed by atoms with van der Waals surface area (Å²) in [4.78, 5) is 50.0. The van der Waals surface area contributed by atoms with Gasteiger partial charge in [-0.05, 0) is 39.3 Å². The zero-order valence-corrected chi connectivity index (χ0v) is 19.5. The molecule has 11 heteroatoms. The summed E-state index contributed by atoms with van der Waals surface area (Å²) >= 11 is 1.22. The number of hydrogen-bond acceptors (Lipinski definition) is 9. The van der Waals surface area contributed by atoms with Gasteiger partial charge in [-0.15, -0.1) is 0 Å². The van der Waals surface area contributed by atoms with Gasteiger partial charge in [0, 0.05) is 17.1 Å². The van der Waals surface area contributed by atoms with Crippen LogP contribution >= 0.6 is 11.8 Å². The highest BCUT2D eigenvalue weighted by Crippen LogP contribution is 2.29. The van der Waals surface area contributed by atoms with Crippen LogP contribution in [0.4, 0.5) is 4.79 Å². The number of phenolic OH excluding ortho intramolecular Hbond substituents is 1. The van der Waals surface area contributed by atoms with Crippen LogP contribution in [0.2, 0.25) is 0 Å². The Balaban J connectivity index is 2.37. The van der Waals surface area contributed by atoms with Crippen LogP contribution in [0.3, 0.4) is 0 Å². The summed E-state index contributed by atoms with van der Waals surface area (Å²) in [6, 6.07) is 0.699. The highest BCUT2D eigenvalue weighted by molar-refractivity contribution is 7.98. The van der Waals surface area contributed by atoms with Gasteiger partial charge in [-0.2, -0.15) is 11.8 Å². The lowest BCUT2D eigenvalue weighted by molar-refractivity contribution is -0.144. The summed E-state index contributed by atoms with van der Waals surface area (Å²) in [6.07, 6.45) is -0.890. The molecule has 1 aromatic rings. The second-order valence-corrected chi connectivity index (χ2v) is 9.18. The van der Waals surface area contributed by atoms with Gasteiger partial charge >= 0.3 is 18.0 Å². The number of hydrogen-bond donors (Lipinski definition) is 3. The summed E-state index contributed by atoms with van der Waals surface area (Å²) in [5.74, 6) is -1.95. The maximum Gasteiger partial charge on any atom is 0.408 e. The van der Waals surface area contributed by atoms with Crippen LogP contribution < -0.4 is 10.6 Å². The first-order valence-electron chi connectivity index (χ1n) is 9.87. The Kier molecular flexibility index (Phi) is 8.37. The van der Waals surface area contributed by atoms with E-state index in [2.05, 4.69) is 10.6 Å². The van der Waals surface area contributed by atoms with Gasteiger partial charge in [0.1, 0.15) is 30.0 Å². The van der Waals surface area contributed by atoms with Crippen LogP contribution in [0, 0.1) is 6.92 Å². The van der Waals surface area contributed by atoms with E-state index < -0.39 is 48.2 Å². The standard InChI is InChI=1S/C21H28N2O8S/c1-11-6-7-15(24)12-9-32-10-14(18(26)29-5)22-17(25)13(8-30-19(27)16(11)12)23-20(28)31-21(2,3)4/h6-7,13-14,24H,8-10H2,1-5H3,(H,22,25)(H,23,28)/t13-,14+/m1/s1. The maximum atomic E-state index is 12.8. The number of aromatic hydroxyl groups is 1. The Morgan fingerprint density at radius 1 is 1.28 bits per heavy atom. The van der Waals surface area contributed by atoms with Crippen LogP contribution in [0.5, 0.6) is 5.75 Å². The molecule has 1 aromatic carbocycles. The van der Waals surface area contributed by atoms with Crippen molar-refractivity contribution in [3.63, 3.8) is 0 Å². The molecule has 2 atom stereocenters. The molecule has 10 nitrogen and oxygen atoms in total. The fourth-order valence-corrected chi connectivity index (χ4v) is 3.98. The Morgan fingerprint density at radius 3 is 2.59 bits per heavy atom. The van der Waals surface area contributed by atoms with Crippen LogP contribution in [-0.4, -0.2) is 66.2 Å². The number of amides is 2. The van der Waals surface area contributed by atoms with Gasteiger partial charge in [-0.25, -0.2) is 14.4 Å². The topological polar surface area (TPSA) is 140 Å². The number of ether oxygens (including phenoxy) is 3. The van der Waals surface area contributed by atoms with E-state index >= 15 is 0 Å². The molecule has 0 bridgehead atoms. The third-order valence-electron chi connectivity index (χ3n) is 4.42. The van der Waals surface area contributed by atoms with E-state index in [1.165, 1.54) is 24.9 Å². The third-order valence-corrected chi connectivity index (χ3v) is 5.48. The molecule has 1 aliphatic rings. The van der Waals surface area contributed by atoms with Crippen molar-refractivity contribution in [1.29, 1.82) is 0 Å². The van der Waals surface area contributed by atoms with E-state index in [4.69, 9.17) is 14.2 Å². The fourth-order valence-electron chi connectivity index (χ4n) is 2.91. The summed E-state index contributed by atoms with van der Waals surface area (Å²) < 4.78 is 15.2. The zero-order chi connectivity index (χ0) is 24.1. The lowest BCUT2D eigenvalue weighted by Crippen LogP contribution is -2.55. The molecule has 0 saturated heterocycles. The Morgan fingerprint density at radius 2 is 1.97 bits per heavy atom. The molecule has 0 aliphatic carbocycles. The normalized spacial score (nSPS) is 19.9. The number of fused-ring (bicyclic) bond motifs is 1. The summed E-state index contributed by atoms with van der Waals surface area (Å²) in [5.41, 5.74) is 0.281. The molecule has 0 fully saturated rings. The lowest BCUT2D eigenvalue weighted by Gasteiger charge is -2.25. The SMILES string of the molecule is COC(=O)[C@@H]1CSCc2c(O)ccc(C)c2C(=O)OC[C@@H](NC(=O)OC(C)(C)C)C(=O)N1. The van der Waals surface area contributed by atoms with Crippen molar-refractivity contribution in [2.24, 2.45) is 0 Å². The van der Waals surface area contributed by atoms with Gasteiger partial charge in [-0.3, -0.25) is 4.79 Å². The molecular formula is C21H28N2O8S. The summed E-state index contributed by atoms with van der Waals surface area (Å²) in [5, 5.41) is 15.2. The summed E-state index contributed by atoms with van der Waals surface area (Å²) in [6.45, 7) is 6.15. The first kappa shape index (κ1) is 25.3. The van der Waals surface area contributed by atoms with Crippen molar-refractivity contribution in [2.45, 2.75) is 51.1 Å². The first-order valence-corrected chi connectivity index (χ1v) is 11.0. The van der Waals surface area contributed by atoms with E-state index in [9.17, 15) is 24.3 Å². The smallest absolute Gasteiger partial charge is 0.408 e. The second-order valence-electron chi connectivity index (χ2n) is 8.15. The highest BCUT2D eigenvalue weighted by atomic mass is 32.2. The number of benzene rings is 1. The minimum absolute atomic E-state index is 0.0887. The van der Waals surface area contributed by atoms with Gasteiger partial charge in [0.2, 0.25) is 5.91 Å². The predicted octanol–water partition coefficient (Wildman–Crippen LogP) is 1.66. The zero-order valence-electron chi connectivity index (χ0n) is 18.6. The maximum absolute atomic E-state index is 12.8. The molecule has 3 N–H and O–H groups in total. The number of alkyl carbamates (subject to hydrolysis) is 1.